The third kappa shape index (κ3) is 1.67. The van der Waals surface area contributed by atoms with Crippen LogP contribution in [0.25, 0.3) is 11.1 Å². The van der Waals surface area contributed by atoms with E-state index in [1.54, 1.807) is 6.92 Å². The summed E-state index contributed by atoms with van der Waals surface area (Å²) in [7, 11) is 1.28. The molecule has 2 aromatic rings. The Labute approximate surface area is 96.6 Å². The lowest BCUT2D eigenvalue weighted by atomic mass is 10.0. The Morgan fingerprint density at radius 3 is 2.71 bits per heavy atom. The molecule has 90 valence electrons. The largest absolute Gasteiger partial charge is 0.504 e. The fourth-order valence-electron chi connectivity index (χ4n) is 1.59. The van der Waals surface area contributed by atoms with E-state index in [0.29, 0.717) is 11.1 Å². The smallest absolute Gasteiger partial charge is 0.230 e. The summed E-state index contributed by atoms with van der Waals surface area (Å²) in [4.78, 5) is 0. The number of rotatable bonds is 2. The number of nitrogens with zero attached hydrogens (tertiary/aromatic N) is 1. The number of phenolic OH excluding ortho intramolecular Hbond substituents is 1. The summed E-state index contributed by atoms with van der Waals surface area (Å²) in [6.07, 6.45) is 1.31. The predicted octanol–water partition coefficient (Wildman–Crippen LogP) is 2.09. The lowest BCUT2D eigenvalue weighted by Gasteiger charge is -2.10. The highest BCUT2D eigenvalue weighted by molar-refractivity contribution is 5.75. The van der Waals surface area contributed by atoms with Gasteiger partial charge in [-0.1, -0.05) is 5.16 Å². The number of hydrogen-bond acceptors (Lipinski definition) is 5. The van der Waals surface area contributed by atoms with Gasteiger partial charge in [0.05, 0.1) is 18.9 Å². The van der Waals surface area contributed by atoms with Gasteiger partial charge in [0.1, 0.15) is 0 Å². The molecule has 6 heteroatoms. The second kappa shape index (κ2) is 3.97. The molecule has 0 amide bonds. The summed E-state index contributed by atoms with van der Waals surface area (Å²) in [5.74, 6) is -1.15. The molecule has 1 aromatic heterocycles. The van der Waals surface area contributed by atoms with Crippen molar-refractivity contribution in [3.05, 3.63) is 23.6 Å². The number of hydrogen-bond donors (Lipinski definition) is 2. The molecule has 0 saturated carbocycles. The average molecular weight is 238 g/mol. The Morgan fingerprint density at radius 2 is 2.18 bits per heavy atom. The minimum Gasteiger partial charge on any atom is -0.504 e. The van der Waals surface area contributed by atoms with Crippen molar-refractivity contribution in [1.82, 2.24) is 5.16 Å². The van der Waals surface area contributed by atoms with Crippen LogP contribution < -0.4 is 10.5 Å². The predicted molar refractivity (Wildman–Crippen MR) is 59.3 cm³/mol. The second-order valence-electron chi connectivity index (χ2n) is 3.54. The first kappa shape index (κ1) is 11.3. The lowest BCUT2D eigenvalue weighted by Crippen LogP contribution is -1.95. The van der Waals surface area contributed by atoms with Gasteiger partial charge in [-0.2, -0.15) is 0 Å². The zero-order valence-corrected chi connectivity index (χ0v) is 9.32. The van der Waals surface area contributed by atoms with Gasteiger partial charge in [-0.15, -0.1) is 0 Å². The first-order valence-corrected chi connectivity index (χ1v) is 4.82. The molecular weight excluding hydrogens is 227 g/mol. The normalized spacial score (nSPS) is 10.5. The fraction of sp³-hybridized carbons (Fsp3) is 0.182. The molecule has 0 fully saturated rings. The van der Waals surface area contributed by atoms with E-state index < -0.39 is 5.82 Å². The molecule has 0 spiro atoms. The van der Waals surface area contributed by atoms with Gasteiger partial charge in [-0.25, -0.2) is 4.39 Å². The van der Waals surface area contributed by atoms with Gasteiger partial charge in [0.15, 0.2) is 17.3 Å². The fourth-order valence-corrected chi connectivity index (χ4v) is 1.59. The first-order chi connectivity index (χ1) is 8.06. The Bertz CT molecular complexity index is 566. The van der Waals surface area contributed by atoms with Crippen LogP contribution in [0.3, 0.4) is 0 Å². The van der Waals surface area contributed by atoms with Crippen molar-refractivity contribution in [1.29, 1.82) is 0 Å². The number of methoxy groups -OCH3 is 1. The van der Waals surface area contributed by atoms with Crippen LogP contribution in [-0.4, -0.2) is 17.4 Å². The number of aryl methyl sites for hydroxylation is 1. The van der Waals surface area contributed by atoms with Gasteiger partial charge >= 0.3 is 0 Å². The van der Waals surface area contributed by atoms with Gasteiger partial charge in [0.25, 0.3) is 0 Å². The van der Waals surface area contributed by atoms with Crippen molar-refractivity contribution >= 4 is 5.88 Å². The summed E-state index contributed by atoms with van der Waals surface area (Å²) >= 11 is 0. The molecule has 3 N–H and O–H groups in total. The number of anilines is 1. The van der Waals surface area contributed by atoms with E-state index in [1.165, 1.54) is 19.4 Å². The highest BCUT2D eigenvalue weighted by Crippen LogP contribution is 2.40. The molecule has 2 rings (SSSR count). The monoisotopic (exact) mass is 238 g/mol. The molecule has 0 aliphatic rings. The highest BCUT2D eigenvalue weighted by atomic mass is 19.1. The molecular formula is C11H11FN2O3. The number of ether oxygens (including phenoxy) is 1. The zero-order chi connectivity index (χ0) is 12.6. The zero-order valence-electron chi connectivity index (χ0n) is 9.32. The molecule has 0 radical (unpaired) electrons. The van der Waals surface area contributed by atoms with Gasteiger partial charge in [-0.3, -0.25) is 0 Å². The Kier molecular flexibility index (Phi) is 2.63. The van der Waals surface area contributed by atoms with Crippen molar-refractivity contribution in [3.63, 3.8) is 0 Å². The second-order valence-corrected chi connectivity index (χ2v) is 3.54. The molecule has 0 saturated heterocycles. The number of nitrogens with two attached hydrogens (primary N) is 1. The first-order valence-electron chi connectivity index (χ1n) is 4.82. The van der Waals surface area contributed by atoms with E-state index >= 15 is 0 Å². The topological polar surface area (TPSA) is 81.5 Å². The minimum atomic E-state index is -0.703. The van der Waals surface area contributed by atoms with Crippen molar-refractivity contribution < 1.29 is 18.8 Å². The Morgan fingerprint density at radius 1 is 1.47 bits per heavy atom. The summed E-state index contributed by atoms with van der Waals surface area (Å²) < 4.78 is 23.5. The van der Waals surface area contributed by atoms with Crippen LogP contribution in [0.5, 0.6) is 11.5 Å². The molecule has 0 aliphatic carbocycles. The third-order valence-electron chi connectivity index (χ3n) is 2.48. The maximum Gasteiger partial charge on any atom is 0.230 e. The van der Waals surface area contributed by atoms with Crippen LogP contribution in [0.1, 0.15) is 5.56 Å². The SMILES string of the molecule is COc1c(O)c(C)cc(-c2cnoc2N)c1F. The standard InChI is InChI=1S/C11H11FN2O3/c1-5-3-6(7-4-14-17-11(7)13)8(12)10(16-2)9(5)15/h3-4,15H,13H2,1-2H3. The average Bonchev–Trinajstić information content (AvgIpc) is 2.71. The molecule has 1 heterocycles. The van der Waals surface area contributed by atoms with E-state index in [-0.39, 0.29) is 22.9 Å². The van der Waals surface area contributed by atoms with Crippen molar-refractivity contribution in [2.24, 2.45) is 0 Å². The van der Waals surface area contributed by atoms with E-state index in [2.05, 4.69) is 9.68 Å². The molecule has 5 nitrogen and oxygen atoms in total. The molecule has 17 heavy (non-hydrogen) atoms. The van der Waals surface area contributed by atoms with E-state index in [9.17, 15) is 9.50 Å². The number of halogens is 1. The van der Waals surface area contributed by atoms with Crippen molar-refractivity contribution in [2.45, 2.75) is 6.92 Å². The van der Waals surface area contributed by atoms with Gasteiger partial charge in [-0.05, 0) is 18.6 Å². The van der Waals surface area contributed by atoms with Crippen LogP contribution in [0, 0.1) is 12.7 Å². The summed E-state index contributed by atoms with van der Waals surface area (Å²) in [6, 6.07) is 1.45. The molecule has 0 atom stereocenters. The molecule has 1 aromatic carbocycles. The van der Waals surface area contributed by atoms with Crippen LogP contribution in [-0.2, 0) is 0 Å². The minimum absolute atomic E-state index is 0.0102. The quantitative estimate of drug-likeness (QED) is 0.837. The Hall–Kier alpha value is -2.24. The lowest BCUT2D eigenvalue weighted by molar-refractivity contribution is 0.350. The molecule has 0 unspecified atom stereocenters. The van der Waals surface area contributed by atoms with E-state index in [0.717, 1.165) is 0 Å². The van der Waals surface area contributed by atoms with Crippen LogP contribution in [0.15, 0.2) is 16.8 Å². The van der Waals surface area contributed by atoms with Crippen molar-refractivity contribution in [3.8, 4) is 22.6 Å². The van der Waals surface area contributed by atoms with Crippen LogP contribution in [0.4, 0.5) is 10.3 Å². The third-order valence-corrected chi connectivity index (χ3v) is 2.48. The van der Waals surface area contributed by atoms with Crippen LogP contribution in [0.2, 0.25) is 0 Å². The molecule has 0 aliphatic heterocycles. The van der Waals surface area contributed by atoms with Gasteiger partial charge in [0, 0.05) is 5.56 Å². The van der Waals surface area contributed by atoms with E-state index in [1.807, 2.05) is 0 Å². The Balaban J connectivity index is 2.72. The maximum absolute atomic E-state index is 14.0. The number of phenols is 1. The van der Waals surface area contributed by atoms with Crippen molar-refractivity contribution in [2.75, 3.05) is 12.8 Å². The highest BCUT2D eigenvalue weighted by Gasteiger charge is 2.20. The van der Waals surface area contributed by atoms with Gasteiger partial charge < -0.3 is 20.1 Å². The maximum atomic E-state index is 14.0. The number of nitrogen functional groups attached to an aromatic ring is 1. The summed E-state index contributed by atoms with van der Waals surface area (Å²) in [5.41, 5.74) is 6.49. The number of aromatic nitrogens is 1. The summed E-state index contributed by atoms with van der Waals surface area (Å²) in [5, 5.41) is 13.1. The number of aromatic hydroxyl groups is 1. The van der Waals surface area contributed by atoms with E-state index in [4.69, 9.17) is 10.5 Å². The van der Waals surface area contributed by atoms with Gasteiger partial charge in [0.2, 0.25) is 5.88 Å². The van der Waals surface area contributed by atoms with Crippen LogP contribution >= 0.6 is 0 Å². The molecule has 0 bridgehead atoms. The number of benzene rings is 1. The summed E-state index contributed by atoms with van der Waals surface area (Å²) in [6.45, 7) is 1.63.